The highest BCUT2D eigenvalue weighted by Crippen LogP contribution is 2.36. The van der Waals surface area contributed by atoms with Crippen LogP contribution in [0.2, 0.25) is 0 Å². The Hall–Kier alpha value is -0.800. The molecule has 1 aliphatic heterocycles. The van der Waals surface area contributed by atoms with E-state index in [0.29, 0.717) is 11.5 Å². The molecular formula is C16H28N2O. The molecule has 1 saturated heterocycles. The van der Waals surface area contributed by atoms with Crippen molar-refractivity contribution in [2.45, 2.75) is 46.1 Å². The van der Waals surface area contributed by atoms with Crippen LogP contribution in [0.25, 0.3) is 0 Å². The molecule has 1 aromatic rings. The van der Waals surface area contributed by atoms with Crippen LogP contribution in [0.1, 0.15) is 51.8 Å². The van der Waals surface area contributed by atoms with Gasteiger partial charge in [-0.1, -0.05) is 13.8 Å². The highest BCUT2D eigenvalue weighted by Gasteiger charge is 2.34. The molecule has 1 aromatic heterocycles. The maximum Gasteiger partial charge on any atom is 0.120 e. The van der Waals surface area contributed by atoms with Crippen molar-refractivity contribution in [1.29, 1.82) is 0 Å². The smallest absolute Gasteiger partial charge is 0.120 e. The van der Waals surface area contributed by atoms with Crippen LogP contribution in [-0.4, -0.2) is 31.1 Å². The summed E-state index contributed by atoms with van der Waals surface area (Å²) in [4.78, 5) is 2.61. The molecule has 2 rings (SSSR count). The number of hydrogen-bond donors (Lipinski definition) is 1. The zero-order chi connectivity index (χ0) is 13.7. The first kappa shape index (κ1) is 14.6. The Kier molecular flexibility index (Phi) is 5.06. The average molecular weight is 264 g/mol. The van der Waals surface area contributed by atoms with Crippen LogP contribution in [0.3, 0.4) is 0 Å². The van der Waals surface area contributed by atoms with Crippen LogP contribution in [0.15, 0.2) is 22.8 Å². The summed E-state index contributed by atoms with van der Waals surface area (Å²) in [7, 11) is 0. The Bertz CT molecular complexity index is 357. The van der Waals surface area contributed by atoms with E-state index in [9.17, 15) is 0 Å². The van der Waals surface area contributed by atoms with E-state index >= 15 is 0 Å². The van der Waals surface area contributed by atoms with Gasteiger partial charge in [-0.15, -0.1) is 0 Å². The first-order chi connectivity index (χ1) is 9.19. The second-order valence-corrected chi connectivity index (χ2v) is 5.92. The molecule has 0 spiro atoms. The third kappa shape index (κ3) is 3.61. The Balaban J connectivity index is 1.70. The van der Waals surface area contributed by atoms with Gasteiger partial charge in [0.05, 0.1) is 12.3 Å². The predicted molar refractivity (Wildman–Crippen MR) is 79.2 cm³/mol. The van der Waals surface area contributed by atoms with Crippen molar-refractivity contribution in [3.63, 3.8) is 0 Å². The van der Waals surface area contributed by atoms with Crippen molar-refractivity contribution < 1.29 is 4.42 Å². The van der Waals surface area contributed by atoms with E-state index in [1.807, 2.05) is 12.1 Å². The second-order valence-electron chi connectivity index (χ2n) is 5.92. The average Bonchev–Trinajstić information content (AvgIpc) is 3.09. The van der Waals surface area contributed by atoms with Crippen molar-refractivity contribution in [3.05, 3.63) is 24.2 Å². The topological polar surface area (TPSA) is 28.4 Å². The monoisotopic (exact) mass is 264 g/mol. The molecular weight excluding hydrogens is 236 g/mol. The van der Waals surface area contributed by atoms with Gasteiger partial charge in [0.15, 0.2) is 0 Å². The van der Waals surface area contributed by atoms with Crippen molar-refractivity contribution in [3.8, 4) is 0 Å². The minimum atomic E-state index is 0.305. The molecule has 3 heteroatoms. The maximum absolute atomic E-state index is 5.41. The summed E-state index contributed by atoms with van der Waals surface area (Å²) in [5.74, 6) is 1.03. The summed E-state index contributed by atoms with van der Waals surface area (Å²) in [6.45, 7) is 11.5. The minimum Gasteiger partial charge on any atom is -0.468 e. The first-order valence-electron chi connectivity index (χ1n) is 7.68. The highest BCUT2D eigenvalue weighted by molar-refractivity contribution is 5.02. The zero-order valence-corrected chi connectivity index (χ0v) is 12.6. The van der Waals surface area contributed by atoms with Gasteiger partial charge in [0.2, 0.25) is 0 Å². The molecule has 0 radical (unpaired) electrons. The number of nitrogens with zero attached hydrogens (tertiary/aromatic N) is 1. The fraction of sp³-hybridized carbons (Fsp3) is 0.750. The van der Waals surface area contributed by atoms with Gasteiger partial charge in [-0.05, 0) is 50.3 Å². The molecule has 19 heavy (non-hydrogen) atoms. The molecule has 0 aromatic carbocycles. The molecule has 0 aliphatic carbocycles. The number of hydrogen-bond acceptors (Lipinski definition) is 3. The van der Waals surface area contributed by atoms with Crippen molar-refractivity contribution in [2.75, 3.05) is 26.2 Å². The van der Waals surface area contributed by atoms with Crippen LogP contribution in [-0.2, 0) is 0 Å². The number of rotatable bonds is 7. The molecule has 3 nitrogen and oxygen atoms in total. The Morgan fingerprint density at radius 3 is 2.79 bits per heavy atom. The molecule has 1 atom stereocenters. The maximum atomic E-state index is 5.41. The Labute approximate surface area is 117 Å². The molecule has 1 fully saturated rings. The van der Waals surface area contributed by atoms with E-state index in [0.717, 1.165) is 18.8 Å². The minimum absolute atomic E-state index is 0.305. The van der Waals surface area contributed by atoms with Gasteiger partial charge in [-0.25, -0.2) is 0 Å². The van der Waals surface area contributed by atoms with Crippen molar-refractivity contribution in [2.24, 2.45) is 5.41 Å². The fourth-order valence-corrected chi connectivity index (χ4v) is 3.12. The van der Waals surface area contributed by atoms with Crippen LogP contribution in [0.4, 0.5) is 0 Å². The lowest BCUT2D eigenvalue weighted by molar-refractivity contribution is 0.238. The van der Waals surface area contributed by atoms with Crippen LogP contribution in [0.5, 0.6) is 0 Å². The van der Waals surface area contributed by atoms with Crippen LogP contribution >= 0.6 is 0 Å². The van der Waals surface area contributed by atoms with Gasteiger partial charge in [0.1, 0.15) is 5.76 Å². The SMILES string of the molecule is CCC1(CC)CCN(CCNC(C)c2ccco2)C1. The molecule has 0 bridgehead atoms. The quantitative estimate of drug-likeness (QED) is 0.817. The van der Waals surface area contributed by atoms with Gasteiger partial charge < -0.3 is 14.6 Å². The normalized spacial score (nSPS) is 20.8. The molecule has 2 heterocycles. The summed E-state index contributed by atoms with van der Waals surface area (Å²) in [5.41, 5.74) is 0.590. The number of nitrogens with one attached hydrogen (secondary N) is 1. The van der Waals surface area contributed by atoms with E-state index < -0.39 is 0 Å². The van der Waals surface area contributed by atoms with E-state index in [1.165, 1.54) is 32.4 Å². The standard InChI is InChI=1S/C16H28N2O/c1-4-16(5-2)8-10-18(13-16)11-9-17-14(3)15-7-6-12-19-15/h6-7,12,14,17H,4-5,8-11,13H2,1-3H3. The lowest BCUT2D eigenvalue weighted by Gasteiger charge is -2.26. The molecule has 0 saturated carbocycles. The summed E-state index contributed by atoms with van der Waals surface area (Å²) >= 11 is 0. The van der Waals surface area contributed by atoms with Gasteiger partial charge in [-0.2, -0.15) is 0 Å². The van der Waals surface area contributed by atoms with Gasteiger partial charge in [-0.3, -0.25) is 0 Å². The molecule has 108 valence electrons. The molecule has 1 N–H and O–H groups in total. The zero-order valence-electron chi connectivity index (χ0n) is 12.6. The highest BCUT2D eigenvalue weighted by atomic mass is 16.3. The van der Waals surface area contributed by atoms with Crippen LogP contribution in [0, 0.1) is 5.41 Å². The fourth-order valence-electron chi connectivity index (χ4n) is 3.12. The van der Waals surface area contributed by atoms with E-state index in [4.69, 9.17) is 4.42 Å². The van der Waals surface area contributed by atoms with Gasteiger partial charge in [0, 0.05) is 19.6 Å². The third-order valence-corrected chi connectivity index (χ3v) is 4.87. The third-order valence-electron chi connectivity index (χ3n) is 4.87. The Morgan fingerprint density at radius 1 is 1.42 bits per heavy atom. The lowest BCUT2D eigenvalue weighted by Crippen LogP contribution is -2.33. The largest absolute Gasteiger partial charge is 0.468 e. The lowest BCUT2D eigenvalue weighted by atomic mass is 9.82. The predicted octanol–water partition coefficient (Wildman–Crippen LogP) is 3.44. The van der Waals surface area contributed by atoms with E-state index in [1.54, 1.807) is 6.26 Å². The molecule has 1 unspecified atom stereocenters. The van der Waals surface area contributed by atoms with Gasteiger partial charge >= 0.3 is 0 Å². The summed E-state index contributed by atoms with van der Waals surface area (Å²) in [6, 6.07) is 4.29. The summed E-state index contributed by atoms with van der Waals surface area (Å²) in [6.07, 6.45) is 5.74. The summed E-state index contributed by atoms with van der Waals surface area (Å²) < 4.78 is 5.41. The van der Waals surface area contributed by atoms with Crippen LogP contribution < -0.4 is 5.32 Å². The summed E-state index contributed by atoms with van der Waals surface area (Å²) in [5, 5.41) is 3.54. The molecule has 0 amide bonds. The van der Waals surface area contributed by atoms with Crippen molar-refractivity contribution in [1.82, 2.24) is 10.2 Å². The Morgan fingerprint density at radius 2 is 2.21 bits per heavy atom. The van der Waals surface area contributed by atoms with E-state index in [-0.39, 0.29) is 0 Å². The second kappa shape index (κ2) is 6.58. The number of likely N-dealkylation sites (tertiary alicyclic amines) is 1. The number of furan rings is 1. The first-order valence-corrected chi connectivity index (χ1v) is 7.68. The van der Waals surface area contributed by atoms with E-state index in [2.05, 4.69) is 31.0 Å². The molecule has 1 aliphatic rings. The van der Waals surface area contributed by atoms with Crippen molar-refractivity contribution >= 4 is 0 Å². The van der Waals surface area contributed by atoms with Gasteiger partial charge in [0.25, 0.3) is 0 Å².